The molecule has 1 saturated heterocycles. The highest BCUT2D eigenvalue weighted by Gasteiger charge is 2.34. The van der Waals surface area contributed by atoms with Gasteiger partial charge in [0, 0.05) is 38.9 Å². The third-order valence-corrected chi connectivity index (χ3v) is 2.78. The maximum absolute atomic E-state index is 12.7. The molecular weight excluding hydrogens is 231 g/mol. The van der Waals surface area contributed by atoms with E-state index in [4.69, 9.17) is 0 Å². The summed E-state index contributed by atoms with van der Waals surface area (Å²) in [5.41, 5.74) is -0.513. The molecule has 2 rings (SSSR count). The van der Waals surface area contributed by atoms with Gasteiger partial charge in [0.2, 0.25) is 0 Å². The summed E-state index contributed by atoms with van der Waals surface area (Å²) >= 11 is 0. The normalized spacial score (nSPS) is 18.3. The van der Waals surface area contributed by atoms with Crippen LogP contribution in [0.5, 0.6) is 0 Å². The topological polar surface area (TPSA) is 28.2 Å². The van der Waals surface area contributed by atoms with E-state index in [1.54, 1.807) is 0 Å². The minimum atomic E-state index is -4.32. The number of pyridine rings is 1. The van der Waals surface area contributed by atoms with Crippen LogP contribution in [0.15, 0.2) is 18.3 Å². The number of hydrogen-bond donors (Lipinski definition) is 1. The van der Waals surface area contributed by atoms with Crippen molar-refractivity contribution in [3.05, 3.63) is 29.6 Å². The molecule has 0 aliphatic carbocycles. The number of nitrogens with zero attached hydrogens (tertiary/aromatic N) is 2. The molecule has 1 aliphatic heterocycles. The molecule has 0 aromatic carbocycles. The fourth-order valence-corrected chi connectivity index (χ4v) is 1.90. The summed E-state index contributed by atoms with van der Waals surface area (Å²) in [5.74, 6) is 0. The Morgan fingerprint density at radius 3 is 2.65 bits per heavy atom. The summed E-state index contributed by atoms with van der Waals surface area (Å²) in [6, 6.07) is 2.41. The van der Waals surface area contributed by atoms with Crippen molar-refractivity contribution < 1.29 is 13.2 Å². The molecule has 1 N–H and O–H groups in total. The molecule has 6 heteroatoms. The molecule has 0 bridgehead atoms. The fourth-order valence-electron chi connectivity index (χ4n) is 1.90. The smallest absolute Gasteiger partial charge is 0.314 e. The van der Waals surface area contributed by atoms with E-state index in [1.807, 2.05) is 4.90 Å². The van der Waals surface area contributed by atoms with Crippen LogP contribution in [0.2, 0.25) is 0 Å². The summed E-state index contributed by atoms with van der Waals surface area (Å²) < 4.78 is 38.2. The molecular formula is C11H14F3N3. The minimum Gasteiger partial charge on any atom is -0.314 e. The molecule has 17 heavy (non-hydrogen) atoms. The molecule has 1 aromatic heterocycles. The third-order valence-electron chi connectivity index (χ3n) is 2.78. The second-order valence-electron chi connectivity index (χ2n) is 4.02. The Morgan fingerprint density at radius 1 is 1.29 bits per heavy atom. The van der Waals surface area contributed by atoms with E-state index < -0.39 is 11.7 Å². The summed E-state index contributed by atoms with van der Waals surface area (Å²) in [5, 5.41) is 3.16. The van der Waals surface area contributed by atoms with E-state index in [-0.39, 0.29) is 12.2 Å². The predicted octanol–water partition coefficient (Wildman–Crippen LogP) is 1.51. The highest BCUT2D eigenvalue weighted by Crippen LogP contribution is 2.31. The molecule has 1 aliphatic rings. The van der Waals surface area contributed by atoms with Gasteiger partial charge < -0.3 is 5.32 Å². The number of piperazine rings is 1. The summed E-state index contributed by atoms with van der Waals surface area (Å²) in [6.07, 6.45) is -2.91. The van der Waals surface area contributed by atoms with Crippen molar-refractivity contribution >= 4 is 0 Å². The lowest BCUT2D eigenvalue weighted by Crippen LogP contribution is -2.43. The summed E-state index contributed by atoms with van der Waals surface area (Å²) in [7, 11) is 0. The molecule has 94 valence electrons. The first-order chi connectivity index (χ1) is 8.07. The van der Waals surface area contributed by atoms with Crippen molar-refractivity contribution in [3.8, 4) is 0 Å². The quantitative estimate of drug-likeness (QED) is 0.856. The van der Waals surface area contributed by atoms with Crippen molar-refractivity contribution in [2.75, 3.05) is 26.2 Å². The Hall–Kier alpha value is -1.14. The van der Waals surface area contributed by atoms with E-state index in [1.165, 1.54) is 12.3 Å². The Morgan fingerprint density at radius 2 is 2.00 bits per heavy atom. The van der Waals surface area contributed by atoms with Crippen LogP contribution in [0.4, 0.5) is 13.2 Å². The largest absolute Gasteiger partial charge is 0.418 e. The Balaban J connectivity index is 2.14. The van der Waals surface area contributed by atoms with Gasteiger partial charge in [-0.2, -0.15) is 13.2 Å². The number of hydrogen-bond acceptors (Lipinski definition) is 3. The number of halogens is 3. The van der Waals surface area contributed by atoms with Gasteiger partial charge in [0.1, 0.15) is 0 Å². The average Bonchev–Trinajstić information content (AvgIpc) is 2.30. The Labute approximate surface area is 97.6 Å². The minimum absolute atomic E-state index is 0.113. The summed E-state index contributed by atoms with van der Waals surface area (Å²) in [6.45, 7) is 3.40. The van der Waals surface area contributed by atoms with Crippen LogP contribution in [-0.4, -0.2) is 36.1 Å². The lowest BCUT2D eigenvalue weighted by atomic mass is 10.1. The van der Waals surface area contributed by atoms with Crippen LogP contribution in [0.25, 0.3) is 0 Å². The molecule has 0 unspecified atom stereocenters. The lowest BCUT2D eigenvalue weighted by molar-refractivity contribution is -0.138. The van der Waals surface area contributed by atoms with E-state index in [9.17, 15) is 13.2 Å². The second kappa shape index (κ2) is 5.01. The summed E-state index contributed by atoms with van der Waals surface area (Å²) in [4.78, 5) is 5.84. The van der Waals surface area contributed by atoms with Crippen LogP contribution < -0.4 is 5.32 Å². The van der Waals surface area contributed by atoms with Crippen molar-refractivity contribution in [3.63, 3.8) is 0 Å². The number of nitrogens with one attached hydrogen (secondary N) is 1. The predicted molar refractivity (Wildman–Crippen MR) is 57.4 cm³/mol. The zero-order valence-electron chi connectivity index (χ0n) is 9.30. The van der Waals surface area contributed by atoms with Crippen molar-refractivity contribution in [1.29, 1.82) is 0 Å². The lowest BCUT2D eigenvalue weighted by Gasteiger charge is -2.27. The number of aromatic nitrogens is 1. The first kappa shape index (κ1) is 12.3. The van der Waals surface area contributed by atoms with Gasteiger partial charge in [0.05, 0.1) is 11.3 Å². The van der Waals surface area contributed by atoms with Crippen LogP contribution in [0.3, 0.4) is 0 Å². The Kier molecular flexibility index (Phi) is 3.63. The molecule has 0 saturated carbocycles. The fraction of sp³-hybridized carbons (Fsp3) is 0.545. The van der Waals surface area contributed by atoms with Crippen molar-refractivity contribution in [2.45, 2.75) is 12.7 Å². The van der Waals surface area contributed by atoms with Gasteiger partial charge in [0.15, 0.2) is 0 Å². The molecule has 0 spiro atoms. The molecule has 1 aromatic rings. The van der Waals surface area contributed by atoms with Crippen molar-refractivity contribution in [1.82, 2.24) is 15.2 Å². The standard InChI is InChI=1S/C11H14F3N3/c12-11(13,14)9-2-1-3-16-10(9)8-17-6-4-15-5-7-17/h1-3,15H,4-8H2. The van der Waals surface area contributed by atoms with E-state index in [0.29, 0.717) is 0 Å². The van der Waals surface area contributed by atoms with Gasteiger partial charge in [0.25, 0.3) is 0 Å². The molecule has 0 atom stereocenters. The van der Waals surface area contributed by atoms with Gasteiger partial charge in [-0.15, -0.1) is 0 Å². The first-order valence-electron chi connectivity index (χ1n) is 5.51. The van der Waals surface area contributed by atoms with Crippen LogP contribution >= 0.6 is 0 Å². The highest BCUT2D eigenvalue weighted by molar-refractivity contribution is 5.22. The zero-order chi connectivity index (χ0) is 12.3. The molecule has 0 amide bonds. The zero-order valence-corrected chi connectivity index (χ0v) is 9.30. The van der Waals surface area contributed by atoms with E-state index >= 15 is 0 Å². The van der Waals surface area contributed by atoms with Gasteiger partial charge >= 0.3 is 6.18 Å². The number of rotatable bonds is 2. The monoisotopic (exact) mass is 245 g/mol. The third kappa shape index (κ3) is 3.17. The van der Waals surface area contributed by atoms with Crippen LogP contribution in [-0.2, 0) is 12.7 Å². The SMILES string of the molecule is FC(F)(F)c1cccnc1CN1CCNCC1. The Bertz CT molecular complexity index is 372. The molecule has 0 radical (unpaired) electrons. The van der Waals surface area contributed by atoms with E-state index in [2.05, 4.69) is 10.3 Å². The van der Waals surface area contributed by atoms with Crippen molar-refractivity contribution in [2.24, 2.45) is 0 Å². The molecule has 3 nitrogen and oxygen atoms in total. The number of alkyl halides is 3. The highest BCUT2D eigenvalue weighted by atomic mass is 19.4. The molecule has 2 heterocycles. The average molecular weight is 245 g/mol. The van der Waals surface area contributed by atoms with Crippen LogP contribution in [0.1, 0.15) is 11.3 Å². The second-order valence-corrected chi connectivity index (χ2v) is 4.02. The van der Waals surface area contributed by atoms with Gasteiger partial charge in [-0.3, -0.25) is 9.88 Å². The van der Waals surface area contributed by atoms with Crippen LogP contribution in [0, 0.1) is 0 Å². The molecule has 1 fully saturated rings. The van der Waals surface area contributed by atoms with Gasteiger partial charge in [-0.05, 0) is 12.1 Å². The first-order valence-corrected chi connectivity index (χ1v) is 5.51. The maximum atomic E-state index is 12.7. The van der Waals surface area contributed by atoms with E-state index in [0.717, 1.165) is 32.2 Å². The van der Waals surface area contributed by atoms with Gasteiger partial charge in [-0.1, -0.05) is 0 Å². The van der Waals surface area contributed by atoms with Gasteiger partial charge in [-0.25, -0.2) is 0 Å². The maximum Gasteiger partial charge on any atom is 0.418 e.